The van der Waals surface area contributed by atoms with Gasteiger partial charge in [-0.2, -0.15) is 0 Å². The Morgan fingerprint density at radius 2 is 2.09 bits per heavy atom. The van der Waals surface area contributed by atoms with E-state index >= 15 is 0 Å². The number of nitrogens with zero attached hydrogens (tertiary/aromatic N) is 2. The van der Waals surface area contributed by atoms with E-state index in [1.54, 1.807) is 18.3 Å². The van der Waals surface area contributed by atoms with Crippen molar-refractivity contribution in [3.8, 4) is 5.75 Å². The lowest BCUT2D eigenvalue weighted by molar-refractivity contribution is 0.301. The Morgan fingerprint density at radius 3 is 2.86 bits per heavy atom. The van der Waals surface area contributed by atoms with Crippen LogP contribution >= 0.6 is 27.5 Å². The minimum Gasteiger partial charge on any atom is -0.486 e. The molecule has 0 bridgehead atoms. The number of fused-ring (bicyclic) bond motifs is 1. The van der Waals surface area contributed by atoms with E-state index in [1.165, 1.54) is 10.5 Å². The van der Waals surface area contributed by atoms with E-state index in [0.29, 0.717) is 22.1 Å². The molecule has 0 saturated heterocycles. The molecule has 0 aliphatic heterocycles. The van der Waals surface area contributed by atoms with Crippen LogP contribution in [-0.2, 0) is 6.61 Å². The zero-order chi connectivity index (χ0) is 15.7. The minimum atomic E-state index is -0.134. The van der Waals surface area contributed by atoms with Gasteiger partial charge in [-0.1, -0.05) is 27.5 Å². The summed E-state index contributed by atoms with van der Waals surface area (Å²) in [5, 5.41) is 0.503. The smallest absolute Gasteiger partial charge is 0.258 e. The molecule has 0 fully saturated rings. The van der Waals surface area contributed by atoms with Crippen LogP contribution in [0.4, 0.5) is 0 Å². The summed E-state index contributed by atoms with van der Waals surface area (Å²) in [6.45, 7) is 2.14. The number of ether oxygens (including phenoxy) is 1. The van der Waals surface area contributed by atoms with Gasteiger partial charge in [0, 0.05) is 16.7 Å². The standard InChI is InChI=1S/C16H12BrClN2O2/c1-10-4-5-20-15(6-10)19-12(8-16(20)21)9-22-14-3-2-11(17)7-13(14)18/h2-8H,9H2,1H3. The van der Waals surface area contributed by atoms with Gasteiger partial charge >= 0.3 is 0 Å². The molecule has 1 aromatic carbocycles. The third kappa shape index (κ3) is 3.15. The fourth-order valence-corrected chi connectivity index (χ4v) is 2.80. The largest absolute Gasteiger partial charge is 0.486 e. The summed E-state index contributed by atoms with van der Waals surface area (Å²) in [6, 6.07) is 10.6. The van der Waals surface area contributed by atoms with Crippen molar-refractivity contribution < 1.29 is 4.74 Å². The maximum absolute atomic E-state index is 12.1. The van der Waals surface area contributed by atoms with Crippen molar-refractivity contribution >= 4 is 33.2 Å². The van der Waals surface area contributed by atoms with Crippen molar-refractivity contribution in [2.45, 2.75) is 13.5 Å². The van der Waals surface area contributed by atoms with E-state index in [2.05, 4.69) is 20.9 Å². The zero-order valence-electron chi connectivity index (χ0n) is 11.7. The lowest BCUT2D eigenvalue weighted by Crippen LogP contribution is -2.16. The molecule has 0 N–H and O–H groups in total. The highest BCUT2D eigenvalue weighted by Crippen LogP contribution is 2.28. The molecular weight excluding hydrogens is 368 g/mol. The van der Waals surface area contributed by atoms with Crippen LogP contribution in [0.25, 0.3) is 5.65 Å². The predicted octanol–water partition coefficient (Wildman–Crippen LogP) is 4.00. The third-order valence-electron chi connectivity index (χ3n) is 3.15. The zero-order valence-corrected chi connectivity index (χ0v) is 14.1. The van der Waals surface area contributed by atoms with Crippen LogP contribution in [0.5, 0.6) is 5.75 Å². The van der Waals surface area contributed by atoms with Crippen molar-refractivity contribution in [1.82, 2.24) is 9.38 Å². The highest BCUT2D eigenvalue weighted by Gasteiger charge is 2.06. The van der Waals surface area contributed by atoms with Gasteiger partial charge in [0.15, 0.2) is 0 Å². The molecule has 2 aromatic heterocycles. The van der Waals surface area contributed by atoms with E-state index in [0.717, 1.165) is 10.0 Å². The maximum atomic E-state index is 12.1. The average molecular weight is 380 g/mol. The van der Waals surface area contributed by atoms with Gasteiger partial charge in [0.2, 0.25) is 0 Å². The van der Waals surface area contributed by atoms with E-state index < -0.39 is 0 Å². The average Bonchev–Trinajstić information content (AvgIpc) is 2.46. The Bertz CT molecular complexity index is 908. The molecule has 3 rings (SSSR count). The van der Waals surface area contributed by atoms with Gasteiger partial charge in [0.1, 0.15) is 18.0 Å². The van der Waals surface area contributed by atoms with Crippen molar-refractivity contribution in [1.29, 1.82) is 0 Å². The first-order valence-corrected chi connectivity index (χ1v) is 7.77. The highest BCUT2D eigenvalue weighted by molar-refractivity contribution is 9.10. The molecule has 112 valence electrons. The molecule has 3 aromatic rings. The monoisotopic (exact) mass is 378 g/mol. The quantitative estimate of drug-likeness (QED) is 0.691. The molecule has 0 aliphatic carbocycles. The van der Waals surface area contributed by atoms with E-state index in [9.17, 15) is 4.79 Å². The van der Waals surface area contributed by atoms with Gasteiger partial charge < -0.3 is 4.74 Å². The molecule has 0 spiro atoms. The first kappa shape index (κ1) is 15.1. The summed E-state index contributed by atoms with van der Waals surface area (Å²) in [5.74, 6) is 0.552. The maximum Gasteiger partial charge on any atom is 0.258 e. The molecule has 0 radical (unpaired) electrons. The topological polar surface area (TPSA) is 43.6 Å². The number of pyridine rings is 1. The number of hydrogen-bond acceptors (Lipinski definition) is 3. The molecule has 0 amide bonds. The molecule has 6 heteroatoms. The minimum absolute atomic E-state index is 0.134. The van der Waals surface area contributed by atoms with Crippen molar-refractivity contribution in [2.75, 3.05) is 0 Å². The Hall–Kier alpha value is -1.85. The first-order valence-electron chi connectivity index (χ1n) is 6.60. The summed E-state index contributed by atoms with van der Waals surface area (Å²) in [5.41, 5.74) is 2.08. The summed E-state index contributed by atoms with van der Waals surface area (Å²) < 4.78 is 8.03. The van der Waals surface area contributed by atoms with Crippen LogP contribution < -0.4 is 10.3 Å². The number of hydrogen-bond donors (Lipinski definition) is 0. The van der Waals surface area contributed by atoms with Crippen molar-refractivity contribution in [3.63, 3.8) is 0 Å². The molecule has 4 nitrogen and oxygen atoms in total. The molecular formula is C16H12BrClN2O2. The van der Waals surface area contributed by atoms with Crippen LogP contribution in [0.15, 0.2) is 51.9 Å². The van der Waals surface area contributed by atoms with Crippen LogP contribution in [0.2, 0.25) is 5.02 Å². The second kappa shape index (κ2) is 6.10. The van der Waals surface area contributed by atoms with E-state index in [-0.39, 0.29) is 12.2 Å². The summed E-state index contributed by atoms with van der Waals surface area (Å²) in [7, 11) is 0. The van der Waals surface area contributed by atoms with Crippen LogP contribution in [-0.4, -0.2) is 9.38 Å². The van der Waals surface area contributed by atoms with E-state index in [4.69, 9.17) is 16.3 Å². The SMILES string of the molecule is Cc1ccn2c(=O)cc(COc3ccc(Br)cc3Cl)nc2c1. The Morgan fingerprint density at radius 1 is 1.27 bits per heavy atom. The molecule has 0 saturated carbocycles. The first-order chi connectivity index (χ1) is 10.5. The Labute approximate surface area is 140 Å². The number of halogens is 2. The second-order valence-corrected chi connectivity index (χ2v) is 6.20. The summed E-state index contributed by atoms with van der Waals surface area (Å²) in [6.07, 6.45) is 1.72. The predicted molar refractivity (Wildman–Crippen MR) is 89.7 cm³/mol. The summed E-state index contributed by atoms with van der Waals surface area (Å²) >= 11 is 9.44. The van der Waals surface area contributed by atoms with Gasteiger partial charge in [-0.15, -0.1) is 0 Å². The van der Waals surface area contributed by atoms with Crippen molar-refractivity contribution in [3.05, 3.63) is 73.7 Å². The lowest BCUT2D eigenvalue weighted by Gasteiger charge is -2.09. The Kier molecular flexibility index (Phi) is 4.18. The number of rotatable bonds is 3. The van der Waals surface area contributed by atoms with Gasteiger partial charge in [0.05, 0.1) is 10.7 Å². The molecule has 0 unspecified atom stereocenters. The second-order valence-electron chi connectivity index (χ2n) is 4.88. The third-order valence-corrected chi connectivity index (χ3v) is 3.93. The summed E-state index contributed by atoms with van der Waals surface area (Å²) in [4.78, 5) is 16.5. The van der Waals surface area contributed by atoms with Crippen molar-refractivity contribution in [2.24, 2.45) is 0 Å². The van der Waals surface area contributed by atoms with Crippen LogP contribution in [0.3, 0.4) is 0 Å². The van der Waals surface area contributed by atoms with Gasteiger partial charge in [-0.05, 0) is 42.8 Å². The number of benzene rings is 1. The molecule has 0 aliphatic rings. The van der Waals surface area contributed by atoms with Crippen LogP contribution in [0.1, 0.15) is 11.3 Å². The lowest BCUT2D eigenvalue weighted by atomic mass is 10.3. The fraction of sp³-hybridized carbons (Fsp3) is 0.125. The van der Waals surface area contributed by atoms with E-state index in [1.807, 2.05) is 25.1 Å². The molecule has 2 heterocycles. The molecule has 22 heavy (non-hydrogen) atoms. The number of aryl methyl sites for hydroxylation is 1. The normalized spacial score (nSPS) is 10.9. The Balaban J connectivity index is 1.89. The molecule has 0 atom stereocenters. The van der Waals surface area contributed by atoms with Crippen LogP contribution in [0, 0.1) is 6.92 Å². The highest BCUT2D eigenvalue weighted by atomic mass is 79.9. The van der Waals surface area contributed by atoms with Gasteiger partial charge in [-0.25, -0.2) is 4.98 Å². The van der Waals surface area contributed by atoms with Gasteiger partial charge in [0.25, 0.3) is 5.56 Å². The number of aromatic nitrogens is 2. The van der Waals surface area contributed by atoms with Gasteiger partial charge in [-0.3, -0.25) is 9.20 Å². The fourth-order valence-electron chi connectivity index (χ4n) is 2.07.